The van der Waals surface area contributed by atoms with Gasteiger partial charge in [-0.2, -0.15) is 8.42 Å². The molecule has 62 valence electrons. The molecule has 1 atom stereocenters. The summed E-state index contributed by atoms with van der Waals surface area (Å²) in [5.74, 6) is -0.459. The number of rotatable bonds is 4. The van der Waals surface area contributed by atoms with Gasteiger partial charge in [0, 0.05) is 5.75 Å². The molecule has 0 spiro atoms. The highest BCUT2D eigenvalue weighted by Crippen LogP contribution is 1.85. The Morgan fingerprint density at radius 3 is 2.40 bits per heavy atom. The van der Waals surface area contributed by atoms with E-state index in [1.807, 2.05) is 0 Å². The van der Waals surface area contributed by atoms with Crippen LogP contribution in [0.25, 0.3) is 0 Å². The van der Waals surface area contributed by atoms with E-state index in [1.54, 1.807) is 0 Å². The van der Waals surface area contributed by atoms with E-state index >= 15 is 0 Å². The van der Waals surface area contributed by atoms with Crippen LogP contribution in [0.3, 0.4) is 0 Å². The molecule has 0 aromatic rings. The molecule has 0 amide bonds. The molecule has 0 aliphatic rings. The van der Waals surface area contributed by atoms with Crippen molar-refractivity contribution < 1.29 is 25.9 Å². The molecule has 0 radical (unpaired) electrons. The zero-order valence-electron chi connectivity index (χ0n) is 4.72. The summed E-state index contributed by atoms with van der Waals surface area (Å²) in [6.45, 7) is -0.561. The minimum Gasteiger partial charge on any atom is -0.772 e. The van der Waals surface area contributed by atoms with Gasteiger partial charge in [0.05, 0.1) is 6.61 Å². The first kappa shape index (κ1) is 9.98. The van der Waals surface area contributed by atoms with E-state index in [4.69, 9.17) is 4.55 Å². The maximum atomic E-state index is 9.75. The highest BCUT2D eigenvalue weighted by Gasteiger charge is 2.01. The molecule has 1 unspecified atom stereocenters. The van der Waals surface area contributed by atoms with Gasteiger partial charge in [-0.05, 0) is 0 Å². The van der Waals surface area contributed by atoms with Crippen molar-refractivity contribution in [2.45, 2.75) is 0 Å². The first-order valence-corrected chi connectivity index (χ1v) is 4.70. The second kappa shape index (κ2) is 3.98. The van der Waals surface area contributed by atoms with Crippen molar-refractivity contribution in [3.63, 3.8) is 0 Å². The van der Waals surface area contributed by atoms with E-state index in [9.17, 15) is 17.2 Å². The molecule has 0 bridgehead atoms. The van der Waals surface area contributed by atoms with E-state index in [1.165, 1.54) is 0 Å². The van der Waals surface area contributed by atoms with E-state index < -0.39 is 33.8 Å². The fourth-order valence-corrected chi connectivity index (χ4v) is 0.826. The van der Waals surface area contributed by atoms with Crippen molar-refractivity contribution >= 4 is 21.5 Å². The lowest BCUT2D eigenvalue weighted by atomic mass is 10.9. The van der Waals surface area contributed by atoms with Gasteiger partial charge < -0.3 is 4.55 Å². The average molecular weight is 189 g/mol. The van der Waals surface area contributed by atoms with Crippen molar-refractivity contribution in [3.05, 3.63) is 0 Å². The Hall–Kier alpha value is -0.0200. The van der Waals surface area contributed by atoms with E-state index in [-0.39, 0.29) is 0 Å². The number of hydrogen-bond acceptors (Lipinski definition) is 5. The third kappa shape index (κ3) is 7.98. The van der Waals surface area contributed by atoms with Gasteiger partial charge in [0.1, 0.15) is 0 Å². The third-order valence-electron chi connectivity index (χ3n) is 0.482. The van der Waals surface area contributed by atoms with Crippen molar-refractivity contribution in [2.24, 2.45) is 0 Å². The Labute approximate surface area is 60.4 Å². The van der Waals surface area contributed by atoms with Gasteiger partial charge in [0.2, 0.25) is 0 Å². The quantitative estimate of drug-likeness (QED) is 0.434. The number of hydrogen-bond donors (Lipinski definition) is 1. The molecular weight excluding hydrogens is 184 g/mol. The lowest BCUT2D eigenvalue weighted by Crippen LogP contribution is -2.10. The molecule has 0 aromatic carbocycles. The zero-order chi connectivity index (χ0) is 8.20. The molecule has 0 saturated heterocycles. The van der Waals surface area contributed by atoms with Crippen LogP contribution in [-0.2, 0) is 25.7 Å². The first-order valence-electron chi connectivity index (χ1n) is 2.09. The maximum absolute atomic E-state index is 9.75. The van der Waals surface area contributed by atoms with Gasteiger partial charge in [0.15, 0.2) is 0 Å². The molecular formula is C2H5O6S2-. The standard InChI is InChI=1S/C2H6O6S2/c3-9(4)2-1-8-10(5,6)7/h1-2H2,(H,3,4)(H,5,6,7)/p-1. The molecule has 0 aromatic heterocycles. The van der Waals surface area contributed by atoms with Gasteiger partial charge in [-0.25, -0.2) is 4.18 Å². The van der Waals surface area contributed by atoms with Crippen LogP contribution in [0.2, 0.25) is 0 Å². The molecule has 10 heavy (non-hydrogen) atoms. The van der Waals surface area contributed by atoms with Gasteiger partial charge in [-0.3, -0.25) is 8.76 Å². The fourth-order valence-electron chi connectivity index (χ4n) is 0.207. The van der Waals surface area contributed by atoms with E-state index in [0.29, 0.717) is 0 Å². The second-order valence-corrected chi connectivity index (χ2v) is 3.36. The molecule has 6 nitrogen and oxygen atoms in total. The van der Waals surface area contributed by atoms with Crippen LogP contribution in [0.15, 0.2) is 0 Å². The van der Waals surface area contributed by atoms with E-state index in [2.05, 4.69) is 4.18 Å². The summed E-state index contributed by atoms with van der Waals surface area (Å²) >= 11 is -2.35. The molecule has 0 aliphatic carbocycles. The molecule has 8 heteroatoms. The van der Waals surface area contributed by atoms with Crippen LogP contribution in [0, 0.1) is 0 Å². The minimum atomic E-state index is -4.49. The van der Waals surface area contributed by atoms with Crippen LogP contribution in [0.5, 0.6) is 0 Å². The molecule has 0 rings (SSSR count). The Balaban J connectivity index is 3.49. The zero-order valence-corrected chi connectivity index (χ0v) is 6.35. The van der Waals surface area contributed by atoms with Crippen molar-refractivity contribution in [2.75, 3.05) is 12.4 Å². The summed E-state index contributed by atoms with van der Waals surface area (Å²) in [7, 11) is -4.49. The predicted molar refractivity (Wildman–Crippen MR) is 31.3 cm³/mol. The van der Waals surface area contributed by atoms with E-state index in [0.717, 1.165) is 0 Å². The highest BCUT2D eigenvalue weighted by molar-refractivity contribution is 7.81. The van der Waals surface area contributed by atoms with Gasteiger partial charge in [-0.1, -0.05) is 11.1 Å². The molecule has 0 aliphatic heterocycles. The van der Waals surface area contributed by atoms with Crippen LogP contribution >= 0.6 is 0 Å². The first-order chi connectivity index (χ1) is 4.42. The second-order valence-electron chi connectivity index (χ2n) is 1.26. The average Bonchev–Trinajstić information content (AvgIpc) is 1.59. The van der Waals surface area contributed by atoms with Crippen LogP contribution in [0.1, 0.15) is 0 Å². The minimum absolute atomic E-state index is 0.459. The summed E-state index contributed by atoms with van der Waals surface area (Å²) in [5.41, 5.74) is 0. The predicted octanol–water partition coefficient (Wildman–Crippen LogP) is -1.32. The Morgan fingerprint density at radius 1 is 1.60 bits per heavy atom. The topological polar surface area (TPSA) is 104 Å². The summed E-state index contributed by atoms with van der Waals surface area (Å²) < 4.78 is 50.5. The Bertz CT molecular complexity index is 204. The SMILES string of the molecule is O=S([O-])CCOS(=O)(=O)O. The normalized spacial score (nSPS) is 15.0. The Morgan fingerprint density at radius 2 is 2.10 bits per heavy atom. The summed E-state index contributed by atoms with van der Waals surface area (Å²) in [6.07, 6.45) is 0. The Kier molecular flexibility index (Phi) is 3.98. The lowest BCUT2D eigenvalue weighted by molar-refractivity contribution is 0.283. The third-order valence-corrected chi connectivity index (χ3v) is 1.45. The van der Waals surface area contributed by atoms with Crippen molar-refractivity contribution in [3.8, 4) is 0 Å². The summed E-state index contributed by atoms with van der Waals surface area (Å²) in [5, 5.41) is 0. The molecule has 0 heterocycles. The molecule has 1 N–H and O–H groups in total. The highest BCUT2D eigenvalue weighted by atomic mass is 32.3. The summed E-state index contributed by atoms with van der Waals surface area (Å²) in [4.78, 5) is 0. The smallest absolute Gasteiger partial charge is 0.397 e. The summed E-state index contributed by atoms with van der Waals surface area (Å²) in [6, 6.07) is 0. The van der Waals surface area contributed by atoms with Gasteiger partial charge in [-0.15, -0.1) is 0 Å². The van der Waals surface area contributed by atoms with Crippen molar-refractivity contribution in [1.29, 1.82) is 0 Å². The maximum Gasteiger partial charge on any atom is 0.397 e. The van der Waals surface area contributed by atoms with Crippen LogP contribution in [0.4, 0.5) is 0 Å². The monoisotopic (exact) mass is 189 g/mol. The molecule has 0 saturated carbocycles. The van der Waals surface area contributed by atoms with Crippen molar-refractivity contribution in [1.82, 2.24) is 0 Å². The molecule has 0 fully saturated rings. The van der Waals surface area contributed by atoms with Gasteiger partial charge in [0.25, 0.3) is 0 Å². The van der Waals surface area contributed by atoms with Crippen LogP contribution in [-0.4, -0.2) is 34.1 Å². The van der Waals surface area contributed by atoms with Crippen LogP contribution < -0.4 is 0 Å². The lowest BCUT2D eigenvalue weighted by Gasteiger charge is -2.02. The largest absolute Gasteiger partial charge is 0.772 e. The van der Waals surface area contributed by atoms with Gasteiger partial charge >= 0.3 is 10.4 Å². The fraction of sp³-hybridized carbons (Fsp3) is 1.00.